The van der Waals surface area contributed by atoms with Crippen molar-refractivity contribution in [3.8, 4) is 0 Å². The van der Waals surface area contributed by atoms with E-state index in [0.717, 1.165) is 28.0 Å². The molecule has 20 heavy (non-hydrogen) atoms. The number of amides is 1. The van der Waals surface area contributed by atoms with Gasteiger partial charge in [0.25, 0.3) is 5.91 Å². The van der Waals surface area contributed by atoms with Crippen molar-refractivity contribution in [2.45, 2.75) is 13.8 Å². The van der Waals surface area contributed by atoms with Crippen LogP contribution in [0.5, 0.6) is 0 Å². The molecule has 1 aromatic carbocycles. The Morgan fingerprint density at radius 3 is 2.80 bits per heavy atom. The SMILES string of the molecule is Cc1cc(NC(=O)c2c(C)[nH]c3ccccc23)ccn1. The second kappa shape index (κ2) is 4.81. The Morgan fingerprint density at radius 2 is 2.00 bits per heavy atom. The van der Waals surface area contributed by atoms with Gasteiger partial charge in [0.05, 0.1) is 5.56 Å². The van der Waals surface area contributed by atoms with Gasteiger partial charge in [0, 0.05) is 34.2 Å². The molecule has 3 rings (SSSR count). The van der Waals surface area contributed by atoms with Gasteiger partial charge in [-0.15, -0.1) is 0 Å². The first kappa shape index (κ1) is 12.4. The predicted octanol–water partition coefficient (Wildman–Crippen LogP) is 3.43. The van der Waals surface area contributed by atoms with Crippen LogP contribution in [0.25, 0.3) is 10.9 Å². The Hall–Kier alpha value is -2.62. The molecule has 0 bridgehead atoms. The van der Waals surface area contributed by atoms with Crippen LogP contribution in [0.3, 0.4) is 0 Å². The Balaban J connectivity index is 1.99. The fraction of sp³-hybridized carbons (Fsp3) is 0.125. The average Bonchev–Trinajstić information content (AvgIpc) is 2.74. The van der Waals surface area contributed by atoms with Crippen LogP contribution in [0.2, 0.25) is 0 Å². The summed E-state index contributed by atoms with van der Waals surface area (Å²) >= 11 is 0. The molecule has 2 heterocycles. The predicted molar refractivity (Wildman–Crippen MR) is 80.0 cm³/mol. The summed E-state index contributed by atoms with van der Waals surface area (Å²) in [5.74, 6) is -0.106. The van der Waals surface area contributed by atoms with E-state index in [0.29, 0.717) is 5.56 Å². The van der Waals surface area contributed by atoms with Crippen molar-refractivity contribution in [2.75, 3.05) is 5.32 Å². The molecule has 4 nitrogen and oxygen atoms in total. The van der Waals surface area contributed by atoms with Crippen molar-refractivity contribution in [2.24, 2.45) is 0 Å². The number of benzene rings is 1. The van der Waals surface area contributed by atoms with Gasteiger partial charge >= 0.3 is 0 Å². The van der Waals surface area contributed by atoms with E-state index in [1.165, 1.54) is 0 Å². The van der Waals surface area contributed by atoms with Crippen molar-refractivity contribution in [3.63, 3.8) is 0 Å². The number of carbonyl (C=O) groups excluding carboxylic acids is 1. The lowest BCUT2D eigenvalue weighted by atomic mass is 10.1. The molecule has 0 aliphatic rings. The molecule has 2 N–H and O–H groups in total. The van der Waals surface area contributed by atoms with Crippen molar-refractivity contribution in [1.29, 1.82) is 0 Å². The number of pyridine rings is 1. The van der Waals surface area contributed by atoms with E-state index in [4.69, 9.17) is 0 Å². The Labute approximate surface area is 116 Å². The van der Waals surface area contributed by atoms with Gasteiger partial charge in [-0.3, -0.25) is 9.78 Å². The molecule has 100 valence electrons. The Bertz CT molecular complexity index is 789. The van der Waals surface area contributed by atoms with Crippen molar-refractivity contribution >= 4 is 22.5 Å². The summed E-state index contributed by atoms with van der Waals surface area (Å²) in [5, 5.41) is 3.86. The summed E-state index contributed by atoms with van der Waals surface area (Å²) < 4.78 is 0. The zero-order chi connectivity index (χ0) is 14.1. The first-order valence-corrected chi connectivity index (χ1v) is 6.46. The maximum Gasteiger partial charge on any atom is 0.258 e. The average molecular weight is 265 g/mol. The number of aromatic amines is 1. The highest BCUT2D eigenvalue weighted by molar-refractivity contribution is 6.13. The van der Waals surface area contributed by atoms with Crippen LogP contribution in [-0.4, -0.2) is 15.9 Å². The maximum absolute atomic E-state index is 12.5. The van der Waals surface area contributed by atoms with Gasteiger partial charge in [0.1, 0.15) is 0 Å². The number of hydrogen-bond acceptors (Lipinski definition) is 2. The standard InChI is InChI=1S/C16H15N3O/c1-10-9-12(7-8-17-10)19-16(20)15-11(2)18-14-6-4-3-5-13(14)15/h3-9,18H,1-2H3,(H,17,19,20). The molecule has 0 unspecified atom stereocenters. The quantitative estimate of drug-likeness (QED) is 0.745. The van der Waals surface area contributed by atoms with Crippen molar-refractivity contribution in [1.82, 2.24) is 9.97 Å². The first-order valence-electron chi connectivity index (χ1n) is 6.46. The third-order valence-corrected chi connectivity index (χ3v) is 3.28. The van der Waals surface area contributed by atoms with Gasteiger partial charge in [-0.1, -0.05) is 18.2 Å². The molecule has 0 spiro atoms. The number of aryl methyl sites for hydroxylation is 2. The van der Waals surface area contributed by atoms with E-state index >= 15 is 0 Å². The van der Waals surface area contributed by atoms with Crippen LogP contribution >= 0.6 is 0 Å². The fourth-order valence-electron chi connectivity index (χ4n) is 2.39. The molecule has 2 aromatic heterocycles. The van der Waals surface area contributed by atoms with Crippen molar-refractivity contribution in [3.05, 3.63) is 59.5 Å². The summed E-state index contributed by atoms with van der Waals surface area (Å²) in [6.45, 7) is 3.80. The third-order valence-electron chi connectivity index (χ3n) is 3.28. The zero-order valence-corrected chi connectivity index (χ0v) is 11.4. The van der Waals surface area contributed by atoms with Gasteiger partial charge in [-0.2, -0.15) is 0 Å². The van der Waals surface area contributed by atoms with E-state index in [-0.39, 0.29) is 5.91 Å². The summed E-state index contributed by atoms with van der Waals surface area (Å²) in [5.41, 5.74) is 4.16. The second-order valence-corrected chi connectivity index (χ2v) is 4.81. The molecule has 0 saturated carbocycles. The summed E-state index contributed by atoms with van der Waals surface area (Å²) in [4.78, 5) is 19.8. The lowest BCUT2D eigenvalue weighted by Gasteiger charge is -2.06. The molecular weight excluding hydrogens is 250 g/mol. The lowest BCUT2D eigenvalue weighted by Crippen LogP contribution is -2.12. The maximum atomic E-state index is 12.5. The second-order valence-electron chi connectivity index (χ2n) is 4.81. The molecule has 4 heteroatoms. The molecule has 0 radical (unpaired) electrons. The smallest absolute Gasteiger partial charge is 0.258 e. The normalized spacial score (nSPS) is 10.7. The number of nitrogens with zero attached hydrogens (tertiary/aromatic N) is 1. The molecule has 1 amide bonds. The van der Waals surface area contributed by atoms with Crippen LogP contribution in [0.15, 0.2) is 42.6 Å². The molecule has 0 saturated heterocycles. The Kier molecular flexibility index (Phi) is 2.99. The number of H-pyrrole nitrogens is 1. The van der Waals surface area contributed by atoms with Gasteiger partial charge in [-0.25, -0.2) is 0 Å². The number of nitrogens with one attached hydrogen (secondary N) is 2. The number of carbonyl (C=O) groups is 1. The lowest BCUT2D eigenvalue weighted by molar-refractivity contribution is 0.102. The molecule has 0 fully saturated rings. The summed E-state index contributed by atoms with van der Waals surface area (Å²) in [6, 6.07) is 11.4. The van der Waals surface area contributed by atoms with Crippen LogP contribution in [0.1, 0.15) is 21.7 Å². The minimum absolute atomic E-state index is 0.106. The van der Waals surface area contributed by atoms with Crippen molar-refractivity contribution < 1.29 is 4.79 Å². The van der Waals surface area contributed by atoms with Gasteiger partial charge in [0.15, 0.2) is 0 Å². The number of hydrogen-bond donors (Lipinski definition) is 2. The third kappa shape index (κ3) is 2.16. The van der Waals surface area contributed by atoms with Gasteiger partial charge in [-0.05, 0) is 32.0 Å². The first-order chi connectivity index (χ1) is 9.65. The number of aromatic nitrogens is 2. The highest BCUT2D eigenvalue weighted by Gasteiger charge is 2.15. The van der Waals surface area contributed by atoms with Crippen LogP contribution in [-0.2, 0) is 0 Å². The van der Waals surface area contributed by atoms with E-state index in [1.807, 2.05) is 44.2 Å². The molecule has 3 aromatic rings. The number of fused-ring (bicyclic) bond motifs is 1. The van der Waals surface area contributed by atoms with Crippen LogP contribution in [0.4, 0.5) is 5.69 Å². The van der Waals surface area contributed by atoms with E-state index in [1.54, 1.807) is 12.3 Å². The van der Waals surface area contributed by atoms with Gasteiger partial charge in [0.2, 0.25) is 0 Å². The van der Waals surface area contributed by atoms with Crippen LogP contribution in [0, 0.1) is 13.8 Å². The fourth-order valence-corrected chi connectivity index (χ4v) is 2.39. The number of anilines is 1. The highest BCUT2D eigenvalue weighted by Crippen LogP contribution is 2.23. The largest absolute Gasteiger partial charge is 0.358 e. The minimum Gasteiger partial charge on any atom is -0.358 e. The Morgan fingerprint density at radius 1 is 1.20 bits per heavy atom. The van der Waals surface area contributed by atoms with E-state index in [2.05, 4.69) is 15.3 Å². The summed E-state index contributed by atoms with van der Waals surface area (Å²) in [6.07, 6.45) is 1.69. The molecular formula is C16H15N3O. The molecule has 0 aliphatic carbocycles. The highest BCUT2D eigenvalue weighted by atomic mass is 16.1. The van der Waals surface area contributed by atoms with Crippen LogP contribution < -0.4 is 5.32 Å². The zero-order valence-electron chi connectivity index (χ0n) is 11.4. The number of rotatable bonds is 2. The molecule has 0 aliphatic heterocycles. The number of para-hydroxylation sites is 1. The topological polar surface area (TPSA) is 57.8 Å². The van der Waals surface area contributed by atoms with E-state index in [9.17, 15) is 4.79 Å². The minimum atomic E-state index is -0.106. The van der Waals surface area contributed by atoms with E-state index < -0.39 is 0 Å². The molecule has 0 atom stereocenters. The van der Waals surface area contributed by atoms with Gasteiger partial charge < -0.3 is 10.3 Å². The monoisotopic (exact) mass is 265 g/mol. The summed E-state index contributed by atoms with van der Waals surface area (Å²) in [7, 11) is 0.